The molecule has 4 heteroatoms. The molecule has 3 nitrogen and oxygen atoms in total. The molecule has 1 aliphatic heterocycles. The van der Waals surface area contributed by atoms with Crippen LogP contribution in [0.4, 0.5) is 0 Å². The molecule has 0 radical (unpaired) electrons. The zero-order valence-electron chi connectivity index (χ0n) is 8.59. The minimum Gasteiger partial charge on any atom is -0.506 e. The molecule has 1 heterocycles. The highest BCUT2D eigenvalue weighted by atomic mass is 35.5. The summed E-state index contributed by atoms with van der Waals surface area (Å²) in [7, 11) is 1.73. The second-order valence-corrected chi connectivity index (χ2v) is 4.36. The molecule has 82 valence electrons. The second-order valence-electron chi connectivity index (χ2n) is 3.95. The number of hydrogen-bond acceptors (Lipinski definition) is 3. The molecule has 2 rings (SSSR count). The molecule has 0 bridgehead atoms. The lowest BCUT2D eigenvalue weighted by atomic mass is 9.89. The highest BCUT2D eigenvalue weighted by Gasteiger charge is 2.36. The number of phenolic OH excluding ortho intramolecular Hbond substituents is 1. The van der Waals surface area contributed by atoms with E-state index in [4.69, 9.17) is 16.3 Å². The van der Waals surface area contributed by atoms with Crippen molar-refractivity contribution in [3.8, 4) is 5.75 Å². The number of benzene rings is 1. The predicted octanol–water partition coefficient (Wildman–Crippen LogP) is 1.58. The van der Waals surface area contributed by atoms with Crippen LogP contribution in [0.25, 0.3) is 0 Å². The fourth-order valence-electron chi connectivity index (χ4n) is 1.78. The van der Waals surface area contributed by atoms with Crippen molar-refractivity contribution in [2.45, 2.75) is 12.0 Å². The second kappa shape index (κ2) is 4.00. The van der Waals surface area contributed by atoms with Crippen LogP contribution in [0.3, 0.4) is 0 Å². The molecule has 1 aromatic carbocycles. The number of hydrogen-bond donors (Lipinski definition) is 2. The van der Waals surface area contributed by atoms with E-state index >= 15 is 0 Å². The molecular weight excluding hydrogens is 214 g/mol. The summed E-state index contributed by atoms with van der Waals surface area (Å²) < 4.78 is 5.48. The number of phenols is 1. The van der Waals surface area contributed by atoms with Gasteiger partial charge in [-0.25, -0.2) is 0 Å². The van der Waals surface area contributed by atoms with E-state index in [-0.39, 0.29) is 11.4 Å². The van der Waals surface area contributed by atoms with E-state index in [2.05, 4.69) is 5.32 Å². The Morgan fingerprint density at radius 1 is 1.53 bits per heavy atom. The highest BCUT2D eigenvalue weighted by molar-refractivity contribution is 6.32. The molecule has 0 amide bonds. The van der Waals surface area contributed by atoms with Crippen LogP contribution in [0.5, 0.6) is 5.75 Å². The van der Waals surface area contributed by atoms with Crippen LogP contribution in [-0.4, -0.2) is 30.9 Å². The summed E-state index contributed by atoms with van der Waals surface area (Å²) in [4.78, 5) is 0. The van der Waals surface area contributed by atoms with E-state index in [1.165, 1.54) is 0 Å². The summed E-state index contributed by atoms with van der Waals surface area (Å²) in [6.45, 7) is 1.73. The number of ether oxygens (including phenoxy) is 1. The number of rotatable bonds is 3. The van der Waals surface area contributed by atoms with Gasteiger partial charge in [-0.15, -0.1) is 0 Å². The molecule has 0 aliphatic carbocycles. The van der Waals surface area contributed by atoms with Crippen LogP contribution in [0.2, 0.25) is 5.02 Å². The first-order valence-electron chi connectivity index (χ1n) is 4.88. The van der Waals surface area contributed by atoms with Crippen molar-refractivity contribution in [3.63, 3.8) is 0 Å². The van der Waals surface area contributed by atoms with Gasteiger partial charge in [0.2, 0.25) is 0 Å². The summed E-state index contributed by atoms with van der Waals surface area (Å²) in [6, 6.07) is 5.28. The minimum atomic E-state index is -0.0969. The third-order valence-corrected chi connectivity index (χ3v) is 3.17. The lowest BCUT2D eigenvalue weighted by Crippen LogP contribution is -2.61. The van der Waals surface area contributed by atoms with Crippen molar-refractivity contribution in [1.82, 2.24) is 5.32 Å². The predicted molar refractivity (Wildman–Crippen MR) is 59.4 cm³/mol. The van der Waals surface area contributed by atoms with Crippen LogP contribution >= 0.6 is 11.6 Å². The van der Waals surface area contributed by atoms with Gasteiger partial charge in [-0.3, -0.25) is 0 Å². The summed E-state index contributed by atoms with van der Waals surface area (Å²) in [5.74, 6) is 0.124. The summed E-state index contributed by atoms with van der Waals surface area (Å²) in [6.07, 6.45) is 0.816. The van der Waals surface area contributed by atoms with Crippen molar-refractivity contribution < 1.29 is 9.84 Å². The van der Waals surface area contributed by atoms with Gasteiger partial charge in [-0.1, -0.05) is 17.7 Å². The van der Waals surface area contributed by atoms with E-state index in [0.717, 1.165) is 25.1 Å². The van der Waals surface area contributed by atoms with Gasteiger partial charge in [0, 0.05) is 26.6 Å². The molecule has 1 fully saturated rings. The van der Waals surface area contributed by atoms with E-state index in [0.29, 0.717) is 5.02 Å². The van der Waals surface area contributed by atoms with E-state index < -0.39 is 0 Å². The Labute approximate surface area is 94.0 Å². The Balaban J connectivity index is 2.13. The molecule has 15 heavy (non-hydrogen) atoms. The molecule has 1 aliphatic rings. The molecule has 0 unspecified atom stereocenters. The van der Waals surface area contributed by atoms with E-state index in [1.54, 1.807) is 19.2 Å². The normalized spacial score (nSPS) is 18.5. The minimum absolute atomic E-state index is 0.0969. The number of aromatic hydroxyl groups is 1. The monoisotopic (exact) mass is 227 g/mol. The van der Waals surface area contributed by atoms with Gasteiger partial charge < -0.3 is 15.2 Å². The molecule has 1 saturated heterocycles. The number of halogens is 1. The Morgan fingerprint density at radius 3 is 2.73 bits per heavy atom. The smallest absolute Gasteiger partial charge is 0.134 e. The maximum absolute atomic E-state index is 9.29. The number of methoxy groups -OCH3 is 1. The van der Waals surface area contributed by atoms with Gasteiger partial charge in [0.1, 0.15) is 5.75 Å². The van der Waals surface area contributed by atoms with Crippen molar-refractivity contribution in [2.24, 2.45) is 0 Å². The molecular formula is C11H14ClNO2. The Kier molecular flexibility index (Phi) is 2.87. The molecule has 0 atom stereocenters. The molecule has 0 aromatic heterocycles. The molecule has 0 spiro atoms. The average Bonchev–Trinajstić information content (AvgIpc) is 2.17. The van der Waals surface area contributed by atoms with Crippen LogP contribution < -0.4 is 5.32 Å². The van der Waals surface area contributed by atoms with Gasteiger partial charge in [-0.05, 0) is 17.7 Å². The van der Waals surface area contributed by atoms with Crippen LogP contribution in [0.15, 0.2) is 18.2 Å². The lowest BCUT2D eigenvalue weighted by Gasteiger charge is -2.41. The fraction of sp³-hybridized carbons (Fsp3) is 0.455. The SMILES string of the molecule is COC1(Cc2ccc(O)c(Cl)c2)CNC1. The van der Waals surface area contributed by atoms with E-state index in [1.807, 2.05) is 6.07 Å². The summed E-state index contributed by atoms with van der Waals surface area (Å²) >= 11 is 5.84. The van der Waals surface area contributed by atoms with Gasteiger partial charge in [0.25, 0.3) is 0 Å². The highest BCUT2D eigenvalue weighted by Crippen LogP contribution is 2.27. The van der Waals surface area contributed by atoms with Crippen molar-refractivity contribution in [3.05, 3.63) is 28.8 Å². The third kappa shape index (κ3) is 2.09. The Bertz CT molecular complexity index is 358. The average molecular weight is 228 g/mol. The molecule has 2 N–H and O–H groups in total. The first-order chi connectivity index (χ1) is 7.15. The lowest BCUT2D eigenvalue weighted by molar-refractivity contribution is -0.0502. The Morgan fingerprint density at radius 2 is 2.27 bits per heavy atom. The first kappa shape index (κ1) is 10.7. The summed E-state index contributed by atoms with van der Waals surface area (Å²) in [5.41, 5.74) is 0.987. The van der Waals surface area contributed by atoms with Gasteiger partial charge in [-0.2, -0.15) is 0 Å². The largest absolute Gasteiger partial charge is 0.506 e. The number of nitrogens with one attached hydrogen (secondary N) is 1. The van der Waals surface area contributed by atoms with Crippen molar-refractivity contribution in [2.75, 3.05) is 20.2 Å². The zero-order valence-corrected chi connectivity index (χ0v) is 9.34. The van der Waals surface area contributed by atoms with Crippen molar-refractivity contribution >= 4 is 11.6 Å². The quantitative estimate of drug-likeness (QED) is 0.824. The van der Waals surface area contributed by atoms with Gasteiger partial charge in [0.05, 0.1) is 10.6 Å². The maximum Gasteiger partial charge on any atom is 0.134 e. The fourth-order valence-corrected chi connectivity index (χ4v) is 1.98. The first-order valence-corrected chi connectivity index (χ1v) is 5.26. The van der Waals surface area contributed by atoms with Gasteiger partial charge in [0.15, 0.2) is 0 Å². The van der Waals surface area contributed by atoms with Crippen LogP contribution in [0.1, 0.15) is 5.56 Å². The van der Waals surface area contributed by atoms with Crippen LogP contribution in [0, 0.1) is 0 Å². The van der Waals surface area contributed by atoms with Crippen molar-refractivity contribution in [1.29, 1.82) is 0 Å². The van der Waals surface area contributed by atoms with E-state index in [9.17, 15) is 5.11 Å². The molecule has 0 saturated carbocycles. The topological polar surface area (TPSA) is 41.5 Å². The van der Waals surface area contributed by atoms with Crippen LogP contribution in [-0.2, 0) is 11.2 Å². The summed E-state index contributed by atoms with van der Waals surface area (Å²) in [5, 5.41) is 12.9. The third-order valence-electron chi connectivity index (χ3n) is 2.87. The Hall–Kier alpha value is -0.770. The molecule has 1 aromatic rings. The maximum atomic E-state index is 9.29. The zero-order chi connectivity index (χ0) is 10.9. The standard InChI is InChI=1S/C11H14ClNO2/c1-15-11(6-13-7-11)5-8-2-3-10(14)9(12)4-8/h2-4,13-14H,5-7H2,1H3. The van der Waals surface area contributed by atoms with Gasteiger partial charge >= 0.3 is 0 Å².